The Hall–Kier alpha value is 1.51. The number of hydrogen-bond acceptors (Lipinski definition) is 11. The summed E-state index contributed by atoms with van der Waals surface area (Å²) in [6.45, 7) is 24.4. The molecular weight excluding hydrogens is 657 g/mol. The number of rotatable bonds is 11. The molecule has 3 heterocycles. The Morgan fingerprint density at radius 1 is 0.590 bits per heavy atom. The average molecular weight is 711 g/mol. The van der Waals surface area contributed by atoms with Gasteiger partial charge in [0.25, 0.3) is 0 Å². The van der Waals surface area contributed by atoms with Gasteiger partial charge in [-0.25, -0.2) is 0 Å². The molecule has 0 amide bonds. The van der Waals surface area contributed by atoms with E-state index in [-0.39, 0.29) is 6.04 Å². The highest BCUT2D eigenvalue weighted by Crippen LogP contribution is 2.42. The third-order valence-electron chi connectivity index (χ3n) is 6.61. The van der Waals surface area contributed by atoms with Crippen LogP contribution in [0.2, 0.25) is 75.0 Å². The van der Waals surface area contributed by atoms with Gasteiger partial charge in [-0.15, -0.1) is 0 Å². The fourth-order valence-electron chi connectivity index (χ4n) is 4.43. The van der Waals surface area contributed by atoms with Crippen LogP contribution in [0.15, 0.2) is 0 Å². The van der Waals surface area contributed by atoms with Crippen molar-refractivity contribution in [1.82, 2.24) is 0 Å². The molecule has 0 aromatic heterocycles. The van der Waals surface area contributed by atoms with E-state index in [1.165, 1.54) is 0 Å². The Labute approximate surface area is 248 Å². The Kier molecular flexibility index (Phi) is 13.7. The molecule has 7 atom stereocenters. The maximum atomic E-state index is 12.0. The molecule has 232 valence electrons. The van der Waals surface area contributed by atoms with Crippen molar-refractivity contribution in [3.05, 3.63) is 0 Å². The monoisotopic (exact) mass is 710 g/mol. The molecule has 0 aliphatic carbocycles. The zero-order valence-corrected chi connectivity index (χ0v) is 35.7. The minimum Gasteiger partial charge on any atom is -0.420 e. The van der Waals surface area contributed by atoms with Crippen molar-refractivity contribution in [3.8, 4) is 0 Å². The summed E-state index contributed by atoms with van der Waals surface area (Å²) in [4.78, 5) is 12.0. The molecule has 11 nitrogen and oxygen atoms in total. The topological polar surface area (TPSA) is 113 Å². The fourth-order valence-corrected chi connectivity index (χ4v) is 45.9. The molecule has 3 aliphatic heterocycles. The predicted octanol–water partition coefficient (Wildman–Crippen LogP) is 4.27. The molecule has 20 heteroatoms. The summed E-state index contributed by atoms with van der Waals surface area (Å²) >= 11 is 0. The van der Waals surface area contributed by atoms with E-state index in [2.05, 4.69) is 40.0 Å². The molecule has 0 aromatic carbocycles. The largest absolute Gasteiger partial charge is 0.483 e. The highest BCUT2D eigenvalue weighted by molar-refractivity contribution is 6.95. The van der Waals surface area contributed by atoms with Crippen molar-refractivity contribution in [3.63, 3.8) is 0 Å². The molecule has 3 aliphatic rings. The van der Waals surface area contributed by atoms with Gasteiger partial charge in [0.2, 0.25) is 0 Å². The second-order valence-corrected chi connectivity index (χ2v) is 38.7. The normalized spacial score (nSPS) is 42.4. The summed E-state index contributed by atoms with van der Waals surface area (Å²) in [5.41, 5.74) is 0. The lowest BCUT2D eigenvalue weighted by atomic mass is 11.0. The highest BCUT2D eigenvalue weighted by atomic mass is 28.6. The van der Waals surface area contributed by atoms with E-state index in [0.29, 0.717) is 30.2 Å². The Balaban J connectivity index is 2.94. The van der Waals surface area contributed by atoms with Gasteiger partial charge in [-0.3, -0.25) is 0 Å². The third-order valence-corrected chi connectivity index (χ3v) is 40.6. The van der Waals surface area contributed by atoms with Gasteiger partial charge in [-0.1, -0.05) is 48.5 Å². The summed E-state index contributed by atoms with van der Waals surface area (Å²) < 4.78 is 68.8. The van der Waals surface area contributed by atoms with Crippen LogP contribution < -0.4 is 0 Å². The van der Waals surface area contributed by atoms with Crippen molar-refractivity contribution in [1.29, 1.82) is 0 Å². The van der Waals surface area contributed by atoms with E-state index >= 15 is 0 Å². The van der Waals surface area contributed by atoms with Gasteiger partial charge < -0.3 is 45.9 Å². The van der Waals surface area contributed by atoms with Crippen molar-refractivity contribution in [2.75, 3.05) is 0 Å². The maximum Gasteiger partial charge on any atom is 0.483 e. The van der Waals surface area contributed by atoms with E-state index in [4.69, 9.17) is 41.2 Å². The Morgan fingerprint density at radius 2 is 1.05 bits per heavy atom. The molecule has 0 saturated carbocycles. The van der Waals surface area contributed by atoms with Crippen LogP contribution in [0.25, 0.3) is 0 Å². The molecule has 3 fully saturated rings. The fraction of sp³-hybridized carbons (Fsp3) is 1.00. The van der Waals surface area contributed by atoms with Gasteiger partial charge in [-0.2, -0.15) is 0 Å². The maximum absolute atomic E-state index is 12.0. The molecule has 1 N–H and O–H groups in total. The van der Waals surface area contributed by atoms with Crippen molar-refractivity contribution >= 4 is 79.9 Å². The lowest BCUT2D eigenvalue weighted by molar-refractivity contribution is 0.0600. The molecule has 39 heavy (non-hydrogen) atoms. The lowest BCUT2D eigenvalue weighted by Crippen LogP contribution is -2.76. The summed E-state index contributed by atoms with van der Waals surface area (Å²) in [6, 6.07) is 3.47. The van der Waals surface area contributed by atoms with Crippen LogP contribution in [0.5, 0.6) is 0 Å². The van der Waals surface area contributed by atoms with Crippen LogP contribution in [0.3, 0.4) is 0 Å². The molecule has 2 bridgehead atoms. The van der Waals surface area contributed by atoms with Crippen LogP contribution in [0.1, 0.15) is 48.5 Å². The average Bonchev–Trinajstić information content (AvgIpc) is 2.85. The van der Waals surface area contributed by atoms with Crippen LogP contribution in [-0.2, 0) is 41.2 Å². The highest BCUT2D eigenvalue weighted by Gasteiger charge is 2.69. The summed E-state index contributed by atoms with van der Waals surface area (Å²) in [7, 11) is -26.6. The van der Waals surface area contributed by atoms with Gasteiger partial charge in [0.1, 0.15) is 0 Å². The van der Waals surface area contributed by atoms with Gasteiger partial charge in [0.05, 0.1) is 0 Å². The lowest BCUT2D eigenvalue weighted by Gasteiger charge is -2.52. The van der Waals surface area contributed by atoms with Crippen molar-refractivity contribution in [2.24, 2.45) is 0 Å². The van der Waals surface area contributed by atoms with Crippen LogP contribution in [0, 0.1) is 0 Å². The molecule has 7 unspecified atom stereocenters. The minimum absolute atomic E-state index is 0.259. The van der Waals surface area contributed by atoms with Gasteiger partial charge in [0, 0.05) is 30.2 Å². The van der Waals surface area contributed by atoms with E-state index in [1.54, 1.807) is 0 Å². The van der Waals surface area contributed by atoms with Crippen LogP contribution >= 0.6 is 0 Å². The standard InChI is InChI=1S/C19H54O11Si9/c1-13-33-23-34(12,14-2)25-38(18-6)26-35(20,15-3)27-39(19-7,28-36(16-4,24-33)21-31(8)9)30-37(17-5,29-38)22-32(10)11/h20,31-33H,13-19H2,1-12H3. The van der Waals surface area contributed by atoms with Crippen LogP contribution in [-0.4, -0.2) is 84.7 Å². The van der Waals surface area contributed by atoms with E-state index in [0.717, 1.165) is 6.04 Å². The van der Waals surface area contributed by atoms with E-state index < -0.39 is 79.9 Å². The van der Waals surface area contributed by atoms with Gasteiger partial charge in [0.15, 0.2) is 18.1 Å². The minimum atomic E-state index is -3.90. The van der Waals surface area contributed by atoms with Crippen LogP contribution in [0.4, 0.5) is 0 Å². The third kappa shape index (κ3) is 9.25. The van der Waals surface area contributed by atoms with Crippen molar-refractivity contribution in [2.45, 2.75) is 124 Å². The Bertz CT molecular complexity index is 785. The smallest absolute Gasteiger partial charge is 0.420 e. The summed E-state index contributed by atoms with van der Waals surface area (Å²) in [5.74, 6) is 0. The molecule has 0 radical (unpaired) electrons. The SMILES string of the molecule is CC[SiH]1O[Si](C)(CC)O[Si]2(CC)O[Si](O)(CC)O[Si](CC)(O[Si](CC)(O[SiH](C)C)O1)O[Si](CC)(O[SiH](C)C)O2. The first-order chi connectivity index (χ1) is 18.1. The van der Waals surface area contributed by atoms with Gasteiger partial charge >= 0.3 is 61.9 Å². The number of fused-ring (bicyclic) bond motifs is 10. The van der Waals surface area contributed by atoms with Crippen molar-refractivity contribution < 1.29 is 45.9 Å². The quantitative estimate of drug-likeness (QED) is 0.311. The first kappa shape index (κ1) is 36.7. The first-order valence-corrected chi connectivity index (χ1v) is 34.3. The molecule has 3 saturated heterocycles. The molecule has 3 rings (SSSR count). The molecular formula is C19H54O11Si9. The molecule has 0 spiro atoms. The van der Waals surface area contributed by atoms with E-state index in [1.807, 2.05) is 41.2 Å². The van der Waals surface area contributed by atoms with E-state index in [9.17, 15) is 4.80 Å². The van der Waals surface area contributed by atoms with Gasteiger partial charge in [-0.05, 0) is 44.8 Å². The Morgan fingerprint density at radius 3 is 1.44 bits per heavy atom. The zero-order chi connectivity index (χ0) is 29.8. The number of hydrogen-bond donors (Lipinski definition) is 1. The second-order valence-electron chi connectivity index (χ2n) is 10.7. The zero-order valence-electron chi connectivity index (χ0n) is 26.2. The first-order valence-electron chi connectivity index (χ1n) is 14.7. The summed E-state index contributed by atoms with van der Waals surface area (Å²) in [5, 5.41) is 0. The summed E-state index contributed by atoms with van der Waals surface area (Å²) in [6.07, 6.45) is 0. The predicted molar refractivity (Wildman–Crippen MR) is 172 cm³/mol. The molecule has 0 aromatic rings. The second kappa shape index (κ2) is 14.5.